The number of esters is 1. The first-order valence-electron chi connectivity index (χ1n) is 5.56. The molecule has 19 heavy (non-hydrogen) atoms. The van der Waals surface area contributed by atoms with E-state index in [1.807, 2.05) is 13.0 Å². The first kappa shape index (κ1) is 14.1. The lowest BCUT2D eigenvalue weighted by atomic mass is 10.0. The van der Waals surface area contributed by atoms with Crippen molar-refractivity contribution >= 4 is 39.3 Å². The summed E-state index contributed by atoms with van der Waals surface area (Å²) < 4.78 is 5.75. The molecule has 0 saturated heterocycles. The molecule has 2 heterocycles. The summed E-state index contributed by atoms with van der Waals surface area (Å²) in [4.78, 5) is 25.4. The van der Waals surface area contributed by atoms with Crippen molar-refractivity contribution < 1.29 is 14.3 Å². The molecule has 2 rings (SSSR count). The van der Waals surface area contributed by atoms with Gasteiger partial charge in [-0.2, -0.15) is 0 Å². The number of thiophene rings is 1. The number of methoxy groups -OCH3 is 1. The number of hydrogen-bond acceptors (Lipinski definition) is 4. The monoisotopic (exact) mass is 344 g/mol. The van der Waals surface area contributed by atoms with Gasteiger partial charge in [0.2, 0.25) is 0 Å². The molecule has 1 aromatic rings. The molecule has 1 aromatic heterocycles. The molecule has 7 heteroatoms. The van der Waals surface area contributed by atoms with Gasteiger partial charge in [0.1, 0.15) is 0 Å². The van der Waals surface area contributed by atoms with E-state index in [0.29, 0.717) is 11.3 Å². The maximum absolute atomic E-state index is 11.9. The number of aryl methyl sites for hydroxylation is 1. The van der Waals surface area contributed by atoms with Crippen molar-refractivity contribution in [3.63, 3.8) is 0 Å². The molecule has 0 saturated carbocycles. The summed E-state index contributed by atoms with van der Waals surface area (Å²) in [6.07, 6.45) is 0. The van der Waals surface area contributed by atoms with Gasteiger partial charge in [-0.1, -0.05) is 0 Å². The maximum Gasteiger partial charge on any atom is 0.338 e. The van der Waals surface area contributed by atoms with Gasteiger partial charge in [0, 0.05) is 19.9 Å². The molecular weight excluding hydrogens is 332 g/mol. The van der Waals surface area contributed by atoms with Gasteiger partial charge < -0.3 is 15.4 Å². The van der Waals surface area contributed by atoms with Crippen LogP contribution in [0.2, 0.25) is 0 Å². The average molecular weight is 345 g/mol. The van der Waals surface area contributed by atoms with Crippen LogP contribution in [0.4, 0.5) is 4.79 Å². The normalized spacial score (nSPS) is 18.9. The Morgan fingerprint density at radius 3 is 2.68 bits per heavy atom. The molecule has 102 valence electrons. The van der Waals surface area contributed by atoms with Crippen LogP contribution < -0.4 is 10.6 Å². The van der Waals surface area contributed by atoms with Gasteiger partial charge in [0.25, 0.3) is 0 Å². The van der Waals surface area contributed by atoms with Gasteiger partial charge in [-0.25, -0.2) is 9.59 Å². The fourth-order valence-corrected chi connectivity index (χ4v) is 3.53. The minimum absolute atomic E-state index is 0.322. The van der Waals surface area contributed by atoms with Gasteiger partial charge >= 0.3 is 12.0 Å². The third-order valence-corrected chi connectivity index (χ3v) is 5.04. The molecule has 1 atom stereocenters. The quantitative estimate of drug-likeness (QED) is 0.810. The first-order valence-corrected chi connectivity index (χ1v) is 7.17. The predicted molar refractivity (Wildman–Crippen MR) is 75.9 cm³/mol. The second-order valence-corrected chi connectivity index (χ2v) is 6.26. The van der Waals surface area contributed by atoms with Crippen LogP contribution in [0.5, 0.6) is 0 Å². The van der Waals surface area contributed by atoms with E-state index in [0.717, 1.165) is 14.2 Å². The lowest BCUT2D eigenvalue weighted by Crippen LogP contribution is -2.45. The van der Waals surface area contributed by atoms with Crippen molar-refractivity contribution in [2.24, 2.45) is 0 Å². The number of rotatable bonds is 2. The lowest BCUT2D eigenvalue weighted by molar-refractivity contribution is -0.136. The standard InChI is InChI=1S/C12H13BrN2O3S/c1-5-9(11(16)18-3)10(15-12(17)14-5)8-4-7(13)6(2)19-8/h4,10H,1-3H3,(H2,14,15,17). The van der Waals surface area contributed by atoms with Crippen molar-refractivity contribution in [2.75, 3.05) is 7.11 Å². The number of urea groups is 1. The zero-order valence-electron chi connectivity index (χ0n) is 10.7. The number of hydrogen-bond donors (Lipinski definition) is 2. The number of allylic oxidation sites excluding steroid dienone is 1. The highest BCUT2D eigenvalue weighted by Gasteiger charge is 2.32. The summed E-state index contributed by atoms with van der Waals surface area (Å²) in [6, 6.07) is 1.11. The number of carbonyl (C=O) groups excluding carboxylic acids is 2. The number of ether oxygens (including phenoxy) is 1. The number of amides is 2. The van der Waals surface area contributed by atoms with Crippen molar-refractivity contribution in [3.05, 3.63) is 31.6 Å². The second-order valence-electron chi connectivity index (χ2n) is 4.11. The van der Waals surface area contributed by atoms with E-state index in [-0.39, 0.29) is 6.03 Å². The molecule has 2 amide bonds. The Bertz CT molecular complexity index is 560. The summed E-state index contributed by atoms with van der Waals surface area (Å²) in [5, 5.41) is 5.34. The van der Waals surface area contributed by atoms with E-state index in [2.05, 4.69) is 26.6 Å². The highest BCUT2D eigenvalue weighted by Crippen LogP contribution is 2.35. The minimum Gasteiger partial charge on any atom is -0.466 e. The van der Waals surface area contributed by atoms with Crippen LogP contribution in [0.25, 0.3) is 0 Å². The Balaban J connectivity index is 2.48. The average Bonchev–Trinajstić information content (AvgIpc) is 2.68. The van der Waals surface area contributed by atoms with Crippen LogP contribution in [0.3, 0.4) is 0 Å². The summed E-state index contributed by atoms with van der Waals surface area (Å²) in [7, 11) is 1.33. The van der Waals surface area contributed by atoms with E-state index >= 15 is 0 Å². The molecule has 1 aliphatic heterocycles. The second kappa shape index (κ2) is 5.34. The molecule has 0 spiro atoms. The van der Waals surface area contributed by atoms with E-state index in [1.165, 1.54) is 18.4 Å². The molecule has 2 N–H and O–H groups in total. The molecule has 0 fully saturated rings. The molecule has 5 nitrogen and oxygen atoms in total. The summed E-state index contributed by atoms with van der Waals surface area (Å²) in [6.45, 7) is 3.66. The van der Waals surface area contributed by atoms with Crippen molar-refractivity contribution in [1.29, 1.82) is 0 Å². The van der Waals surface area contributed by atoms with Gasteiger partial charge in [-0.3, -0.25) is 0 Å². The Morgan fingerprint density at radius 2 is 2.16 bits per heavy atom. The van der Waals surface area contributed by atoms with Gasteiger partial charge in [-0.05, 0) is 35.8 Å². The smallest absolute Gasteiger partial charge is 0.338 e. The third-order valence-electron chi connectivity index (χ3n) is 2.84. The zero-order valence-corrected chi connectivity index (χ0v) is 13.1. The Morgan fingerprint density at radius 1 is 1.47 bits per heavy atom. The minimum atomic E-state index is -0.476. The van der Waals surface area contributed by atoms with Crippen LogP contribution in [0.1, 0.15) is 22.7 Å². The fourth-order valence-electron chi connectivity index (χ4n) is 1.91. The van der Waals surface area contributed by atoms with E-state index in [9.17, 15) is 9.59 Å². The largest absolute Gasteiger partial charge is 0.466 e. The van der Waals surface area contributed by atoms with Gasteiger partial charge in [-0.15, -0.1) is 11.3 Å². The maximum atomic E-state index is 11.9. The van der Waals surface area contributed by atoms with Crippen LogP contribution in [-0.2, 0) is 9.53 Å². The SMILES string of the molecule is COC(=O)C1=C(C)NC(=O)NC1c1cc(Br)c(C)s1. The molecule has 0 radical (unpaired) electrons. The summed E-state index contributed by atoms with van der Waals surface area (Å²) >= 11 is 4.96. The Hall–Kier alpha value is -1.34. The highest BCUT2D eigenvalue weighted by atomic mass is 79.9. The third kappa shape index (κ3) is 2.66. The number of halogens is 1. The van der Waals surface area contributed by atoms with E-state index < -0.39 is 12.0 Å². The predicted octanol–water partition coefficient (Wildman–Crippen LogP) is 2.62. The molecule has 1 aliphatic rings. The summed E-state index contributed by atoms with van der Waals surface area (Å²) in [5.41, 5.74) is 0.943. The number of carbonyl (C=O) groups is 2. The Kier molecular flexibility index (Phi) is 3.96. The van der Waals surface area contributed by atoms with Crippen molar-refractivity contribution in [1.82, 2.24) is 10.6 Å². The van der Waals surface area contributed by atoms with Crippen molar-refractivity contribution in [2.45, 2.75) is 19.9 Å². The van der Waals surface area contributed by atoms with E-state index in [1.54, 1.807) is 6.92 Å². The summed E-state index contributed by atoms with van der Waals surface area (Å²) in [5.74, 6) is -0.447. The topological polar surface area (TPSA) is 67.4 Å². The first-order chi connectivity index (χ1) is 8.93. The zero-order chi connectivity index (χ0) is 14.2. The van der Waals surface area contributed by atoms with Gasteiger partial charge in [0.15, 0.2) is 0 Å². The van der Waals surface area contributed by atoms with Crippen LogP contribution in [0, 0.1) is 6.92 Å². The Labute approximate surface area is 123 Å². The molecule has 1 unspecified atom stereocenters. The van der Waals surface area contributed by atoms with Gasteiger partial charge in [0.05, 0.1) is 18.7 Å². The molecular formula is C12H13BrN2O3S. The fraction of sp³-hybridized carbons (Fsp3) is 0.333. The van der Waals surface area contributed by atoms with E-state index in [4.69, 9.17) is 4.74 Å². The van der Waals surface area contributed by atoms with Crippen LogP contribution in [-0.4, -0.2) is 19.1 Å². The lowest BCUT2D eigenvalue weighted by Gasteiger charge is -2.26. The molecule has 0 aromatic carbocycles. The van der Waals surface area contributed by atoms with Crippen LogP contribution >= 0.6 is 27.3 Å². The number of nitrogens with one attached hydrogen (secondary N) is 2. The molecule has 0 aliphatic carbocycles. The van der Waals surface area contributed by atoms with Crippen LogP contribution in [0.15, 0.2) is 21.8 Å². The molecule has 0 bridgehead atoms. The highest BCUT2D eigenvalue weighted by molar-refractivity contribution is 9.10. The van der Waals surface area contributed by atoms with Crippen molar-refractivity contribution in [3.8, 4) is 0 Å².